The van der Waals surface area contributed by atoms with Crippen LogP contribution in [0, 0.1) is 11.8 Å². The molecule has 0 spiro atoms. The normalized spacial score (nSPS) is 56.7. The number of alkyl halides is 1. The van der Waals surface area contributed by atoms with Crippen LogP contribution in [0.5, 0.6) is 0 Å². The van der Waals surface area contributed by atoms with Gasteiger partial charge in [0.05, 0.1) is 5.38 Å². The van der Waals surface area contributed by atoms with Crippen molar-refractivity contribution in [2.75, 3.05) is 0 Å². The number of hydrogen-bond acceptors (Lipinski definition) is 1. The van der Waals surface area contributed by atoms with Gasteiger partial charge in [0.25, 0.3) is 0 Å². The highest BCUT2D eigenvalue weighted by molar-refractivity contribution is 6.21. The van der Waals surface area contributed by atoms with Crippen LogP contribution < -0.4 is 5.73 Å². The molecule has 0 aromatic rings. The summed E-state index contributed by atoms with van der Waals surface area (Å²) in [5, 5.41) is 0.295. The van der Waals surface area contributed by atoms with Crippen LogP contribution in [0.2, 0.25) is 0 Å². The fourth-order valence-electron chi connectivity index (χ4n) is 2.27. The van der Waals surface area contributed by atoms with E-state index in [-0.39, 0.29) is 0 Å². The van der Waals surface area contributed by atoms with Gasteiger partial charge in [0.1, 0.15) is 0 Å². The molecule has 0 heterocycles. The van der Waals surface area contributed by atoms with Crippen LogP contribution in [0.3, 0.4) is 0 Å². The Morgan fingerprint density at radius 3 is 2.22 bits per heavy atom. The van der Waals surface area contributed by atoms with Gasteiger partial charge in [0.2, 0.25) is 0 Å². The van der Waals surface area contributed by atoms with Crippen LogP contribution in [-0.4, -0.2) is 11.4 Å². The Balaban J connectivity index is 2.15. The zero-order chi connectivity index (χ0) is 6.43. The summed E-state index contributed by atoms with van der Waals surface area (Å²) in [6.07, 6.45) is 3.96. The van der Waals surface area contributed by atoms with E-state index in [1.165, 1.54) is 19.3 Å². The van der Waals surface area contributed by atoms with Gasteiger partial charge in [-0.15, -0.1) is 11.6 Å². The molecule has 0 amide bonds. The van der Waals surface area contributed by atoms with E-state index in [1.54, 1.807) is 0 Å². The van der Waals surface area contributed by atoms with Gasteiger partial charge in [-0.05, 0) is 31.1 Å². The van der Waals surface area contributed by atoms with Crippen molar-refractivity contribution in [2.24, 2.45) is 17.6 Å². The lowest BCUT2D eigenvalue weighted by Gasteiger charge is -2.21. The Kier molecular flexibility index (Phi) is 1.24. The number of fused-ring (bicyclic) bond motifs is 2. The minimum Gasteiger partial charge on any atom is -0.326 e. The molecule has 2 saturated carbocycles. The number of nitrogens with two attached hydrogens (primary N) is 1. The summed E-state index contributed by atoms with van der Waals surface area (Å²) >= 11 is 6.03. The van der Waals surface area contributed by atoms with E-state index >= 15 is 0 Å². The molecule has 2 fully saturated rings. The van der Waals surface area contributed by atoms with Gasteiger partial charge in [0.15, 0.2) is 0 Å². The van der Waals surface area contributed by atoms with Gasteiger partial charge in [0, 0.05) is 6.04 Å². The van der Waals surface area contributed by atoms with Gasteiger partial charge < -0.3 is 5.73 Å². The molecule has 0 aromatic heterocycles. The third kappa shape index (κ3) is 0.714. The van der Waals surface area contributed by atoms with Crippen molar-refractivity contribution in [1.82, 2.24) is 0 Å². The van der Waals surface area contributed by atoms with Crippen LogP contribution in [0.15, 0.2) is 0 Å². The third-order valence-corrected chi connectivity index (χ3v) is 3.52. The van der Waals surface area contributed by atoms with Crippen molar-refractivity contribution in [3.63, 3.8) is 0 Å². The van der Waals surface area contributed by atoms with E-state index in [1.807, 2.05) is 0 Å². The SMILES string of the molecule is N[C@@H]1[C@H]2CC[C@@H](C2)[C@H]1Cl. The monoisotopic (exact) mass is 145 g/mol. The molecule has 0 aromatic carbocycles. The Labute approximate surface area is 60.6 Å². The van der Waals surface area contributed by atoms with Gasteiger partial charge >= 0.3 is 0 Å². The second-order valence-electron chi connectivity index (χ2n) is 3.35. The molecule has 0 unspecified atom stereocenters. The molecule has 9 heavy (non-hydrogen) atoms. The Bertz CT molecular complexity index is 108. The van der Waals surface area contributed by atoms with E-state index in [0.717, 1.165) is 11.8 Å². The minimum absolute atomic E-state index is 0.295. The van der Waals surface area contributed by atoms with Gasteiger partial charge in [-0.3, -0.25) is 0 Å². The molecule has 2 aliphatic carbocycles. The van der Waals surface area contributed by atoms with Crippen molar-refractivity contribution >= 4 is 11.6 Å². The van der Waals surface area contributed by atoms with Gasteiger partial charge in [-0.1, -0.05) is 0 Å². The third-order valence-electron chi connectivity index (χ3n) is 2.88. The Morgan fingerprint density at radius 1 is 1.22 bits per heavy atom. The van der Waals surface area contributed by atoms with E-state index in [0.29, 0.717) is 11.4 Å². The zero-order valence-electron chi connectivity index (χ0n) is 5.39. The Hall–Kier alpha value is 0.250. The van der Waals surface area contributed by atoms with Crippen LogP contribution in [0.25, 0.3) is 0 Å². The largest absolute Gasteiger partial charge is 0.326 e. The lowest BCUT2D eigenvalue weighted by Crippen LogP contribution is -2.36. The maximum absolute atomic E-state index is 6.03. The summed E-state index contributed by atoms with van der Waals surface area (Å²) in [5.74, 6) is 1.52. The van der Waals surface area contributed by atoms with Crippen LogP contribution in [-0.2, 0) is 0 Å². The zero-order valence-corrected chi connectivity index (χ0v) is 6.14. The summed E-state index contributed by atoms with van der Waals surface area (Å²) in [6.45, 7) is 0. The molecular formula is C7H12ClN. The molecule has 0 saturated heterocycles. The fraction of sp³-hybridized carbons (Fsp3) is 1.00. The lowest BCUT2D eigenvalue weighted by molar-refractivity contribution is 0.424. The first-order chi connectivity index (χ1) is 4.29. The van der Waals surface area contributed by atoms with Crippen molar-refractivity contribution in [3.05, 3.63) is 0 Å². The van der Waals surface area contributed by atoms with E-state index in [2.05, 4.69) is 0 Å². The molecule has 2 bridgehead atoms. The predicted octanol–water partition coefficient (Wildman–Crippen LogP) is 1.35. The second-order valence-corrected chi connectivity index (χ2v) is 3.86. The van der Waals surface area contributed by atoms with E-state index in [4.69, 9.17) is 17.3 Å². The second kappa shape index (κ2) is 1.86. The average Bonchev–Trinajstić information content (AvgIpc) is 2.37. The maximum Gasteiger partial charge on any atom is 0.0518 e. The number of rotatable bonds is 0. The summed E-state index contributed by atoms with van der Waals surface area (Å²) in [6, 6.07) is 0.311. The molecular weight excluding hydrogens is 134 g/mol. The van der Waals surface area contributed by atoms with E-state index in [9.17, 15) is 0 Å². The summed E-state index contributed by atoms with van der Waals surface area (Å²) in [5.41, 5.74) is 5.83. The first kappa shape index (κ1) is 5.99. The number of hydrogen-bond donors (Lipinski definition) is 1. The molecule has 0 radical (unpaired) electrons. The molecule has 4 atom stereocenters. The molecule has 2 N–H and O–H groups in total. The molecule has 2 aliphatic rings. The quantitative estimate of drug-likeness (QED) is 0.512. The van der Waals surface area contributed by atoms with Crippen molar-refractivity contribution < 1.29 is 0 Å². The average molecular weight is 146 g/mol. The van der Waals surface area contributed by atoms with Gasteiger partial charge in [-0.2, -0.15) is 0 Å². The van der Waals surface area contributed by atoms with Crippen molar-refractivity contribution in [2.45, 2.75) is 30.7 Å². The lowest BCUT2D eigenvalue weighted by atomic mass is 9.96. The topological polar surface area (TPSA) is 26.0 Å². The summed E-state index contributed by atoms with van der Waals surface area (Å²) in [7, 11) is 0. The maximum atomic E-state index is 6.03. The smallest absolute Gasteiger partial charge is 0.0518 e. The van der Waals surface area contributed by atoms with Crippen molar-refractivity contribution in [1.29, 1.82) is 0 Å². The highest BCUT2D eigenvalue weighted by Crippen LogP contribution is 2.46. The predicted molar refractivity (Wildman–Crippen MR) is 38.4 cm³/mol. The molecule has 0 aliphatic heterocycles. The molecule has 1 nitrogen and oxygen atoms in total. The molecule has 2 rings (SSSR count). The van der Waals surface area contributed by atoms with Crippen LogP contribution >= 0.6 is 11.6 Å². The van der Waals surface area contributed by atoms with Crippen LogP contribution in [0.1, 0.15) is 19.3 Å². The highest BCUT2D eigenvalue weighted by Gasteiger charge is 2.44. The molecule has 52 valence electrons. The fourth-order valence-corrected chi connectivity index (χ4v) is 2.70. The summed E-state index contributed by atoms with van der Waals surface area (Å²) < 4.78 is 0. The minimum atomic E-state index is 0.295. The first-order valence-electron chi connectivity index (χ1n) is 3.68. The first-order valence-corrected chi connectivity index (χ1v) is 4.12. The van der Waals surface area contributed by atoms with Crippen LogP contribution in [0.4, 0.5) is 0 Å². The highest BCUT2D eigenvalue weighted by atomic mass is 35.5. The van der Waals surface area contributed by atoms with Crippen molar-refractivity contribution in [3.8, 4) is 0 Å². The van der Waals surface area contributed by atoms with Gasteiger partial charge in [-0.25, -0.2) is 0 Å². The molecule has 2 heteroatoms. The Morgan fingerprint density at radius 2 is 1.89 bits per heavy atom. The standard InChI is InChI=1S/C7H12ClN/c8-6-4-1-2-5(3-4)7(6)9/h4-7H,1-3,9H2/t4-,5-,6+,7+/m0/s1. The summed E-state index contributed by atoms with van der Waals surface area (Å²) in [4.78, 5) is 0. The van der Waals surface area contributed by atoms with E-state index < -0.39 is 0 Å². The number of halogens is 1.